The number of hydrogen-bond donors (Lipinski definition) is 2. The summed E-state index contributed by atoms with van der Waals surface area (Å²) >= 11 is 1.85. The molecule has 1 aromatic heterocycles. The van der Waals surface area contributed by atoms with Gasteiger partial charge in [0.2, 0.25) is 0 Å². The first kappa shape index (κ1) is 12.1. The number of thiophene rings is 1. The SMILES string of the molecule is C[C@]1(CO)CNC[C@H]1CCCc1cccs1. The van der Waals surface area contributed by atoms with Crippen LogP contribution in [0.4, 0.5) is 0 Å². The third-order valence-corrected chi connectivity index (χ3v) is 4.76. The second-order valence-corrected chi connectivity index (χ2v) is 6.14. The van der Waals surface area contributed by atoms with Gasteiger partial charge in [0, 0.05) is 23.4 Å². The van der Waals surface area contributed by atoms with Crippen molar-refractivity contribution in [3.05, 3.63) is 22.4 Å². The largest absolute Gasteiger partial charge is 0.396 e. The molecule has 0 radical (unpaired) electrons. The third kappa shape index (κ3) is 2.65. The maximum Gasteiger partial charge on any atom is 0.0500 e. The topological polar surface area (TPSA) is 32.3 Å². The minimum atomic E-state index is 0.107. The molecular weight excluding hydrogens is 218 g/mol. The Hall–Kier alpha value is -0.380. The molecule has 0 spiro atoms. The summed E-state index contributed by atoms with van der Waals surface area (Å²) in [6.07, 6.45) is 3.65. The summed E-state index contributed by atoms with van der Waals surface area (Å²) in [5, 5.41) is 15.0. The highest BCUT2D eigenvalue weighted by atomic mass is 32.1. The van der Waals surface area contributed by atoms with E-state index >= 15 is 0 Å². The van der Waals surface area contributed by atoms with Crippen LogP contribution in [0.15, 0.2) is 17.5 Å². The Bertz CT molecular complexity index is 312. The van der Waals surface area contributed by atoms with Crippen molar-refractivity contribution in [2.24, 2.45) is 11.3 Å². The van der Waals surface area contributed by atoms with E-state index in [0.717, 1.165) is 13.1 Å². The van der Waals surface area contributed by atoms with Gasteiger partial charge in [-0.05, 0) is 43.2 Å². The highest BCUT2D eigenvalue weighted by molar-refractivity contribution is 7.09. The molecule has 2 heterocycles. The van der Waals surface area contributed by atoms with E-state index in [-0.39, 0.29) is 5.41 Å². The Labute approximate surface area is 102 Å². The lowest BCUT2D eigenvalue weighted by atomic mass is 9.78. The fraction of sp³-hybridized carbons (Fsp3) is 0.692. The first-order valence-corrected chi connectivity index (χ1v) is 6.96. The summed E-state index contributed by atoms with van der Waals surface area (Å²) in [5.41, 5.74) is 0.107. The lowest BCUT2D eigenvalue weighted by molar-refractivity contribution is 0.111. The molecule has 1 aliphatic heterocycles. The van der Waals surface area contributed by atoms with E-state index in [4.69, 9.17) is 0 Å². The minimum Gasteiger partial charge on any atom is -0.396 e. The quantitative estimate of drug-likeness (QED) is 0.826. The molecule has 90 valence electrons. The number of aliphatic hydroxyl groups is 1. The molecule has 1 aliphatic rings. The molecule has 0 unspecified atom stereocenters. The number of rotatable bonds is 5. The first-order chi connectivity index (χ1) is 7.74. The van der Waals surface area contributed by atoms with Crippen molar-refractivity contribution in [3.8, 4) is 0 Å². The van der Waals surface area contributed by atoms with Gasteiger partial charge in [-0.25, -0.2) is 0 Å². The van der Waals surface area contributed by atoms with Gasteiger partial charge in [-0.1, -0.05) is 13.0 Å². The van der Waals surface area contributed by atoms with Crippen molar-refractivity contribution in [1.29, 1.82) is 0 Å². The zero-order valence-electron chi connectivity index (χ0n) is 9.91. The molecule has 1 fully saturated rings. The summed E-state index contributed by atoms with van der Waals surface area (Å²) in [7, 11) is 0. The van der Waals surface area contributed by atoms with Gasteiger partial charge in [-0.3, -0.25) is 0 Å². The Morgan fingerprint density at radius 3 is 3.19 bits per heavy atom. The lowest BCUT2D eigenvalue weighted by Gasteiger charge is -2.28. The van der Waals surface area contributed by atoms with Crippen molar-refractivity contribution in [3.63, 3.8) is 0 Å². The van der Waals surface area contributed by atoms with Crippen molar-refractivity contribution < 1.29 is 5.11 Å². The molecule has 2 atom stereocenters. The minimum absolute atomic E-state index is 0.107. The smallest absolute Gasteiger partial charge is 0.0500 e. The van der Waals surface area contributed by atoms with Crippen LogP contribution in [0.3, 0.4) is 0 Å². The molecule has 0 aromatic carbocycles. The molecule has 3 heteroatoms. The van der Waals surface area contributed by atoms with Crippen LogP contribution in [0.1, 0.15) is 24.6 Å². The fourth-order valence-electron chi connectivity index (χ4n) is 2.54. The summed E-state index contributed by atoms with van der Waals surface area (Å²) in [6, 6.07) is 4.33. The molecule has 1 saturated heterocycles. The monoisotopic (exact) mass is 239 g/mol. The molecule has 0 amide bonds. The molecule has 0 saturated carbocycles. The second-order valence-electron chi connectivity index (χ2n) is 5.11. The van der Waals surface area contributed by atoms with E-state index in [2.05, 4.69) is 29.8 Å². The van der Waals surface area contributed by atoms with E-state index < -0.39 is 0 Å². The van der Waals surface area contributed by atoms with Crippen molar-refractivity contribution >= 4 is 11.3 Å². The van der Waals surface area contributed by atoms with Crippen LogP contribution in [0, 0.1) is 11.3 Å². The van der Waals surface area contributed by atoms with E-state index in [9.17, 15) is 5.11 Å². The summed E-state index contributed by atoms with van der Waals surface area (Å²) < 4.78 is 0. The molecule has 1 aromatic rings. The fourth-order valence-corrected chi connectivity index (χ4v) is 3.29. The van der Waals surface area contributed by atoms with Gasteiger partial charge in [0.1, 0.15) is 0 Å². The molecule has 2 N–H and O–H groups in total. The van der Waals surface area contributed by atoms with Crippen molar-refractivity contribution in [1.82, 2.24) is 5.32 Å². The van der Waals surface area contributed by atoms with Crippen molar-refractivity contribution in [2.45, 2.75) is 26.2 Å². The van der Waals surface area contributed by atoms with E-state index in [1.54, 1.807) is 0 Å². The highest BCUT2D eigenvalue weighted by Crippen LogP contribution is 2.34. The van der Waals surface area contributed by atoms with Gasteiger partial charge in [-0.15, -0.1) is 11.3 Å². The molecule has 16 heavy (non-hydrogen) atoms. The molecule has 2 rings (SSSR count). The van der Waals surface area contributed by atoms with E-state index in [1.165, 1.54) is 24.1 Å². The maximum atomic E-state index is 9.44. The normalized spacial score (nSPS) is 29.8. The third-order valence-electron chi connectivity index (χ3n) is 3.82. The van der Waals surface area contributed by atoms with E-state index in [0.29, 0.717) is 12.5 Å². The molecular formula is C13H21NOS. The van der Waals surface area contributed by atoms with E-state index in [1.807, 2.05) is 11.3 Å². The van der Waals surface area contributed by atoms with Crippen LogP contribution in [-0.4, -0.2) is 24.8 Å². The summed E-state index contributed by atoms with van der Waals surface area (Å²) in [5.74, 6) is 0.637. The van der Waals surface area contributed by atoms with Gasteiger partial charge < -0.3 is 10.4 Å². The zero-order chi connectivity index (χ0) is 11.4. The lowest BCUT2D eigenvalue weighted by Crippen LogP contribution is -2.30. The Morgan fingerprint density at radius 2 is 2.50 bits per heavy atom. The van der Waals surface area contributed by atoms with Gasteiger partial charge in [0.05, 0.1) is 0 Å². The van der Waals surface area contributed by atoms with Crippen LogP contribution in [0.25, 0.3) is 0 Å². The first-order valence-electron chi connectivity index (χ1n) is 6.08. The van der Waals surface area contributed by atoms with Gasteiger partial charge in [-0.2, -0.15) is 0 Å². The number of aliphatic hydroxyl groups excluding tert-OH is 1. The zero-order valence-corrected chi connectivity index (χ0v) is 10.7. The highest BCUT2D eigenvalue weighted by Gasteiger charge is 2.37. The number of hydrogen-bond acceptors (Lipinski definition) is 3. The second kappa shape index (κ2) is 5.30. The van der Waals surface area contributed by atoms with Crippen LogP contribution in [-0.2, 0) is 6.42 Å². The molecule has 0 bridgehead atoms. The van der Waals surface area contributed by atoms with Crippen LogP contribution in [0.5, 0.6) is 0 Å². The number of nitrogens with one attached hydrogen (secondary N) is 1. The molecule has 0 aliphatic carbocycles. The Balaban J connectivity index is 1.77. The summed E-state index contributed by atoms with van der Waals surface area (Å²) in [4.78, 5) is 1.48. The van der Waals surface area contributed by atoms with Gasteiger partial charge in [0.15, 0.2) is 0 Å². The average Bonchev–Trinajstić information content (AvgIpc) is 2.90. The summed E-state index contributed by atoms with van der Waals surface area (Å²) in [6.45, 7) is 4.54. The predicted octanol–water partition coefficient (Wildman–Crippen LogP) is 2.29. The standard InChI is InChI=1S/C13H21NOS/c1-13(10-15)9-14-8-11(13)4-2-5-12-6-3-7-16-12/h3,6-7,11,14-15H,2,4-5,8-10H2,1H3/t11-,13-/m1/s1. The van der Waals surface area contributed by atoms with Gasteiger partial charge in [0.25, 0.3) is 0 Å². The van der Waals surface area contributed by atoms with Crippen LogP contribution < -0.4 is 5.32 Å². The maximum absolute atomic E-state index is 9.44. The number of aryl methyl sites for hydroxylation is 1. The van der Waals surface area contributed by atoms with Gasteiger partial charge >= 0.3 is 0 Å². The van der Waals surface area contributed by atoms with Crippen molar-refractivity contribution in [2.75, 3.05) is 19.7 Å². The average molecular weight is 239 g/mol. The Kier molecular flexibility index (Phi) is 4.00. The van der Waals surface area contributed by atoms with Crippen LogP contribution in [0.2, 0.25) is 0 Å². The molecule has 2 nitrogen and oxygen atoms in total. The predicted molar refractivity (Wildman–Crippen MR) is 68.8 cm³/mol. The Morgan fingerprint density at radius 1 is 1.62 bits per heavy atom. The van der Waals surface area contributed by atoms with Crippen LogP contribution >= 0.6 is 11.3 Å².